The Morgan fingerprint density at radius 2 is 1.78 bits per heavy atom. The Morgan fingerprint density at radius 1 is 1.11 bits per heavy atom. The van der Waals surface area contributed by atoms with Gasteiger partial charge in [0.2, 0.25) is 0 Å². The fourth-order valence-corrected chi connectivity index (χ4v) is 2.96. The summed E-state index contributed by atoms with van der Waals surface area (Å²) in [6.07, 6.45) is -2.83. The molecule has 27 heavy (non-hydrogen) atoms. The minimum absolute atomic E-state index is 0.0942. The van der Waals surface area contributed by atoms with Gasteiger partial charge < -0.3 is 14.1 Å². The van der Waals surface area contributed by atoms with Crippen LogP contribution in [0.25, 0.3) is 0 Å². The van der Waals surface area contributed by atoms with Crippen molar-refractivity contribution in [1.82, 2.24) is 9.80 Å². The Hall–Kier alpha value is -2.48. The number of rotatable bonds is 5. The van der Waals surface area contributed by atoms with Crippen LogP contribution in [0, 0.1) is 6.92 Å². The molecule has 1 aliphatic rings. The fraction of sp³-hybridized carbons (Fsp3) is 0.421. The van der Waals surface area contributed by atoms with Gasteiger partial charge in [-0.2, -0.15) is 13.2 Å². The number of alkyl halides is 3. The molecule has 1 amide bonds. The van der Waals surface area contributed by atoms with E-state index in [1.165, 1.54) is 6.26 Å². The van der Waals surface area contributed by atoms with Crippen LogP contribution in [0.15, 0.2) is 41.0 Å². The molecule has 0 unspecified atom stereocenters. The molecule has 2 aromatic rings. The summed E-state index contributed by atoms with van der Waals surface area (Å²) in [5, 5.41) is 0. The standard InChI is InChI=1S/C19H21F3N2O3/c1-14-6-11-26-17(14)18(25)24-9-7-23(8-10-24)12-15-2-4-16(5-3-15)27-13-19(20,21)22/h2-6,11H,7-10,12-13H2,1H3. The van der Waals surface area contributed by atoms with E-state index in [-0.39, 0.29) is 11.7 Å². The van der Waals surface area contributed by atoms with E-state index in [1.807, 2.05) is 6.92 Å². The molecular formula is C19H21F3N2O3. The highest BCUT2D eigenvalue weighted by atomic mass is 19.4. The Balaban J connectivity index is 1.48. The number of benzene rings is 1. The van der Waals surface area contributed by atoms with Crippen molar-refractivity contribution >= 4 is 5.91 Å². The third-order valence-corrected chi connectivity index (χ3v) is 4.45. The molecular weight excluding hydrogens is 361 g/mol. The Labute approximate surface area is 155 Å². The summed E-state index contributed by atoms with van der Waals surface area (Å²) in [5.41, 5.74) is 1.81. The van der Waals surface area contributed by atoms with E-state index in [0.29, 0.717) is 25.4 Å². The highest BCUT2D eigenvalue weighted by molar-refractivity contribution is 5.92. The van der Waals surface area contributed by atoms with Crippen LogP contribution in [-0.4, -0.2) is 54.7 Å². The molecule has 1 aromatic heterocycles. The summed E-state index contributed by atoms with van der Waals surface area (Å²) >= 11 is 0. The molecule has 0 saturated carbocycles. The molecule has 5 nitrogen and oxygen atoms in total. The van der Waals surface area contributed by atoms with Gasteiger partial charge in [-0.1, -0.05) is 12.1 Å². The third-order valence-electron chi connectivity index (χ3n) is 4.45. The first-order chi connectivity index (χ1) is 12.8. The van der Waals surface area contributed by atoms with Crippen LogP contribution >= 0.6 is 0 Å². The van der Waals surface area contributed by atoms with E-state index in [0.717, 1.165) is 24.2 Å². The molecule has 1 fully saturated rings. The lowest BCUT2D eigenvalue weighted by molar-refractivity contribution is -0.153. The molecule has 3 rings (SSSR count). The van der Waals surface area contributed by atoms with Crippen molar-refractivity contribution < 1.29 is 27.1 Å². The van der Waals surface area contributed by atoms with Gasteiger partial charge in [-0.3, -0.25) is 9.69 Å². The molecule has 2 heterocycles. The van der Waals surface area contributed by atoms with Gasteiger partial charge in [-0.15, -0.1) is 0 Å². The zero-order valence-electron chi connectivity index (χ0n) is 15.0. The molecule has 1 saturated heterocycles. The van der Waals surface area contributed by atoms with Crippen LogP contribution in [-0.2, 0) is 6.54 Å². The van der Waals surface area contributed by atoms with Gasteiger partial charge in [-0.25, -0.2) is 0 Å². The Kier molecular flexibility index (Phi) is 5.74. The lowest BCUT2D eigenvalue weighted by atomic mass is 10.2. The van der Waals surface area contributed by atoms with Crippen molar-refractivity contribution in [2.75, 3.05) is 32.8 Å². The van der Waals surface area contributed by atoms with Crippen LogP contribution in [0.5, 0.6) is 5.75 Å². The van der Waals surface area contributed by atoms with Crippen LogP contribution in [0.1, 0.15) is 21.7 Å². The smallest absolute Gasteiger partial charge is 0.422 e. The van der Waals surface area contributed by atoms with Crippen molar-refractivity contribution in [2.45, 2.75) is 19.6 Å². The van der Waals surface area contributed by atoms with E-state index >= 15 is 0 Å². The number of furan rings is 1. The molecule has 8 heteroatoms. The maximum Gasteiger partial charge on any atom is 0.422 e. The number of amides is 1. The molecule has 0 radical (unpaired) electrons. The number of carbonyl (C=O) groups is 1. The summed E-state index contributed by atoms with van der Waals surface area (Å²) in [5.74, 6) is 0.488. The number of hydrogen-bond donors (Lipinski definition) is 0. The molecule has 0 spiro atoms. The van der Waals surface area contributed by atoms with Crippen molar-refractivity contribution in [3.63, 3.8) is 0 Å². The second-order valence-electron chi connectivity index (χ2n) is 6.55. The lowest BCUT2D eigenvalue weighted by Crippen LogP contribution is -2.48. The Bertz CT molecular complexity index is 763. The minimum Gasteiger partial charge on any atom is -0.484 e. The molecule has 0 bridgehead atoms. The largest absolute Gasteiger partial charge is 0.484 e. The summed E-state index contributed by atoms with van der Waals surface area (Å²) in [7, 11) is 0. The number of ether oxygens (including phenoxy) is 1. The number of halogens is 3. The number of hydrogen-bond acceptors (Lipinski definition) is 4. The lowest BCUT2D eigenvalue weighted by Gasteiger charge is -2.34. The average Bonchev–Trinajstić information content (AvgIpc) is 3.06. The van der Waals surface area contributed by atoms with Gasteiger partial charge in [0.25, 0.3) is 5.91 Å². The number of nitrogens with zero attached hydrogens (tertiary/aromatic N) is 2. The van der Waals surface area contributed by atoms with Crippen LogP contribution in [0.4, 0.5) is 13.2 Å². The maximum atomic E-state index is 12.4. The average molecular weight is 382 g/mol. The number of piperazine rings is 1. The second kappa shape index (κ2) is 8.04. The highest BCUT2D eigenvalue weighted by Gasteiger charge is 2.28. The SMILES string of the molecule is Cc1ccoc1C(=O)N1CCN(Cc2ccc(OCC(F)(F)F)cc2)CC1. The first-order valence-corrected chi connectivity index (χ1v) is 8.66. The quantitative estimate of drug-likeness (QED) is 0.794. The molecule has 1 aromatic carbocycles. The molecule has 0 atom stereocenters. The van der Waals surface area contributed by atoms with E-state index < -0.39 is 12.8 Å². The van der Waals surface area contributed by atoms with Crippen molar-refractivity contribution in [3.05, 3.63) is 53.5 Å². The summed E-state index contributed by atoms with van der Waals surface area (Å²) in [6.45, 7) is 3.86. The molecule has 0 aliphatic carbocycles. The van der Waals surface area contributed by atoms with E-state index in [9.17, 15) is 18.0 Å². The van der Waals surface area contributed by atoms with Crippen LogP contribution in [0.3, 0.4) is 0 Å². The summed E-state index contributed by atoms with van der Waals surface area (Å²) < 4.78 is 46.5. The van der Waals surface area contributed by atoms with Gasteiger partial charge in [0.1, 0.15) is 5.75 Å². The van der Waals surface area contributed by atoms with Crippen LogP contribution < -0.4 is 4.74 Å². The molecule has 0 N–H and O–H groups in total. The third kappa shape index (κ3) is 5.26. The van der Waals surface area contributed by atoms with Crippen molar-refractivity contribution in [3.8, 4) is 5.75 Å². The van der Waals surface area contributed by atoms with E-state index in [1.54, 1.807) is 35.2 Å². The topological polar surface area (TPSA) is 45.9 Å². The highest BCUT2D eigenvalue weighted by Crippen LogP contribution is 2.20. The monoisotopic (exact) mass is 382 g/mol. The minimum atomic E-state index is -4.34. The zero-order valence-corrected chi connectivity index (χ0v) is 15.0. The van der Waals surface area contributed by atoms with E-state index in [4.69, 9.17) is 9.15 Å². The maximum absolute atomic E-state index is 12.4. The Morgan fingerprint density at radius 3 is 2.33 bits per heavy atom. The summed E-state index contributed by atoms with van der Waals surface area (Å²) in [4.78, 5) is 16.4. The molecule has 1 aliphatic heterocycles. The van der Waals surface area contributed by atoms with Crippen molar-refractivity contribution in [2.24, 2.45) is 0 Å². The van der Waals surface area contributed by atoms with Gasteiger partial charge in [-0.05, 0) is 30.7 Å². The van der Waals surface area contributed by atoms with Crippen molar-refractivity contribution in [1.29, 1.82) is 0 Å². The predicted octanol–water partition coefficient (Wildman–Crippen LogP) is 3.49. The second-order valence-corrected chi connectivity index (χ2v) is 6.55. The first kappa shape index (κ1) is 19.3. The normalized spacial score (nSPS) is 15.8. The van der Waals surface area contributed by atoms with Crippen LogP contribution in [0.2, 0.25) is 0 Å². The predicted molar refractivity (Wildman–Crippen MR) is 92.6 cm³/mol. The number of carbonyl (C=O) groups excluding carboxylic acids is 1. The van der Waals surface area contributed by atoms with Gasteiger partial charge >= 0.3 is 6.18 Å². The van der Waals surface area contributed by atoms with Gasteiger partial charge in [0.15, 0.2) is 12.4 Å². The van der Waals surface area contributed by atoms with Gasteiger partial charge in [0.05, 0.1) is 6.26 Å². The van der Waals surface area contributed by atoms with E-state index in [2.05, 4.69) is 4.90 Å². The van der Waals surface area contributed by atoms with Gasteiger partial charge in [0, 0.05) is 38.3 Å². The number of aryl methyl sites for hydroxylation is 1. The fourth-order valence-electron chi connectivity index (χ4n) is 2.96. The molecule has 146 valence electrons. The first-order valence-electron chi connectivity index (χ1n) is 8.66. The summed E-state index contributed by atoms with van der Waals surface area (Å²) in [6, 6.07) is 8.37. The zero-order chi connectivity index (χ0) is 19.4.